The molecule has 0 spiro atoms. The summed E-state index contributed by atoms with van der Waals surface area (Å²) >= 11 is 1.84. The molecule has 0 amide bonds. The summed E-state index contributed by atoms with van der Waals surface area (Å²) in [4.78, 5) is 1.45. The molecule has 0 saturated heterocycles. The molecular formula is C16H18N2S. The maximum absolute atomic E-state index is 3.19. The first-order valence-electron chi connectivity index (χ1n) is 6.61. The third-order valence-corrected chi connectivity index (χ3v) is 4.33. The molecule has 3 aromatic rings. The van der Waals surface area contributed by atoms with Crippen molar-refractivity contribution in [3.05, 3.63) is 58.4 Å². The summed E-state index contributed by atoms with van der Waals surface area (Å²) in [5.41, 5.74) is 2.67. The Morgan fingerprint density at radius 3 is 2.95 bits per heavy atom. The zero-order chi connectivity index (χ0) is 13.1. The molecule has 98 valence electrons. The van der Waals surface area contributed by atoms with Crippen molar-refractivity contribution in [1.82, 2.24) is 9.88 Å². The molecule has 2 aromatic heterocycles. The Labute approximate surface area is 117 Å². The molecule has 0 atom stereocenters. The van der Waals surface area contributed by atoms with Crippen LogP contribution in [0.1, 0.15) is 10.4 Å². The zero-order valence-corrected chi connectivity index (χ0v) is 11.9. The van der Waals surface area contributed by atoms with Gasteiger partial charge in [-0.1, -0.05) is 12.1 Å². The molecule has 0 aliphatic rings. The van der Waals surface area contributed by atoms with Crippen LogP contribution in [0.15, 0.2) is 48.0 Å². The molecule has 3 rings (SSSR count). The van der Waals surface area contributed by atoms with E-state index in [-0.39, 0.29) is 0 Å². The monoisotopic (exact) mass is 270 g/mol. The van der Waals surface area contributed by atoms with E-state index in [9.17, 15) is 0 Å². The van der Waals surface area contributed by atoms with Crippen molar-refractivity contribution in [2.24, 2.45) is 0 Å². The summed E-state index contributed by atoms with van der Waals surface area (Å²) in [6, 6.07) is 13.3. The highest BCUT2D eigenvalue weighted by molar-refractivity contribution is 7.09. The molecule has 0 unspecified atom stereocenters. The van der Waals surface area contributed by atoms with Gasteiger partial charge in [0.25, 0.3) is 0 Å². The molecule has 2 nitrogen and oxygen atoms in total. The van der Waals surface area contributed by atoms with E-state index >= 15 is 0 Å². The largest absolute Gasteiger partial charge is 0.347 e. The Morgan fingerprint density at radius 2 is 2.16 bits per heavy atom. The number of fused-ring (bicyclic) bond motifs is 1. The van der Waals surface area contributed by atoms with Crippen LogP contribution in [0.3, 0.4) is 0 Å². The standard InChI is InChI=1S/C16H18N2S/c1-17-12-13-4-5-16-14(11-13)6-8-18(16)9-7-15-3-2-10-19-15/h2-6,8,10-11,17H,7,9,12H2,1H3. The van der Waals surface area contributed by atoms with Crippen LogP contribution in [0, 0.1) is 0 Å². The predicted octanol–water partition coefficient (Wildman–Crippen LogP) is 3.66. The maximum atomic E-state index is 3.19. The van der Waals surface area contributed by atoms with Gasteiger partial charge in [0, 0.05) is 29.7 Å². The van der Waals surface area contributed by atoms with Gasteiger partial charge in [0.15, 0.2) is 0 Å². The second-order valence-electron chi connectivity index (χ2n) is 4.76. The van der Waals surface area contributed by atoms with Gasteiger partial charge in [-0.05, 0) is 54.1 Å². The van der Waals surface area contributed by atoms with Crippen LogP contribution in [-0.2, 0) is 19.5 Å². The Bertz CT molecular complexity index is 653. The van der Waals surface area contributed by atoms with Gasteiger partial charge >= 0.3 is 0 Å². The molecule has 0 aliphatic carbocycles. The Kier molecular flexibility index (Phi) is 3.67. The van der Waals surface area contributed by atoms with Gasteiger partial charge in [0.1, 0.15) is 0 Å². The van der Waals surface area contributed by atoms with Gasteiger partial charge in [-0.15, -0.1) is 11.3 Å². The smallest absolute Gasteiger partial charge is 0.0480 e. The van der Waals surface area contributed by atoms with Crippen LogP contribution in [-0.4, -0.2) is 11.6 Å². The number of aromatic nitrogens is 1. The van der Waals surface area contributed by atoms with Gasteiger partial charge in [0.2, 0.25) is 0 Å². The van der Waals surface area contributed by atoms with Crippen LogP contribution in [0.4, 0.5) is 0 Å². The predicted molar refractivity (Wildman–Crippen MR) is 82.7 cm³/mol. The van der Waals surface area contributed by atoms with E-state index < -0.39 is 0 Å². The summed E-state index contributed by atoms with van der Waals surface area (Å²) in [6.45, 7) is 1.98. The lowest BCUT2D eigenvalue weighted by molar-refractivity contribution is 0.729. The highest BCUT2D eigenvalue weighted by Gasteiger charge is 2.03. The van der Waals surface area contributed by atoms with E-state index in [0.717, 1.165) is 19.5 Å². The molecule has 1 aromatic carbocycles. The van der Waals surface area contributed by atoms with E-state index in [1.165, 1.54) is 21.3 Å². The van der Waals surface area contributed by atoms with Crippen molar-refractivity contribution in [3.8, 4) is 0 Å². The van der Waals surface area contributed by atoms with E-state index in [1.807, 2.05) is 18.4 Å². The van der Waals surface area contributed by atoms with Crippen LogP contribution >= 0.6 is 11.3 Å². The molecule has 19 heavy (non-hydrogen) atoms. The number of nitrogens with zero attached hydrogens (tertiary/aromatic N) is 1. The highest BCUT2D eigenvalue weighted by Crippen LogP contribution is 2.19. The second-order valence-corrected chi connectivity index (χ2v) is 5.79. The van der Waals surface area contributed by atoms with Crippen molar-refractivity contribution in [1.29, 1.82) is 0 Å². The maximum Gasteiger partial charge on any atom is 0.0480 e. The third kappa shape index (κ3) is 2.72. The molecule has 1 N–H and O–H groups in total. The van der Waals surface area contributed by atoms with Crippen molar-refractivity contribution in [3.63, 3.8) is 0 Å². The quantitative estimate of drug-likeness (QED) is 0.748. The Morgan fingerprint density at radius 1 is 1.21 bits per heavy atom. The normalized spacial score (nSPS) is 11.2. The summed E-state index contributed by atoms with van der Waals surface area (Å²) in [5, 5.41) is 6.67. The van der Waals surface area contributed by atoms with Crippen LogP contribution < -0.4 is 5.32 Å². The van der Waals surface area contributed by atoms with Crippen molar-refractivity contribution in [2.75, 3.05) is 7.05 Å². The van der Waals surface area contributed by atoms with Gasteiger partial charge in [0.05, 0.1) is 0 Å². The van der Waals surface area contributed by atoms with Crippen LogP contribution in [0.5, 0.6) is 0 Å². The zero-order valence-electron chi connectivity index (χ0n) is 11.1. The first kappa shape index (κ1) is 12.5. The minimum atomic E-state index is 0.927. The first-order valence-corrected chi connectivity index (χ1v) is 7.49. The molecule has 0 saturated carbocycles. The minimum Gasteiger partial charge on any atom is -0.347 e. The Balaban J connectivity index is 1.80. The van der Waals surface area contributed by atoms with Crippen LogP contribution in [0.2, 0.25) is 0 Å². The van der Waals surface area contributed by atoms with Crippen molar-refractivity contribution < 1.29 is 0 Å². The first-order chi connectivity index (χ1) is 9.36. The number of aryl methyl sites for hydroxylation is 2. The van der Waals surface area contributed by atoms with Crippen molar-refractivity contribution in [2.45, 2.75) is 19.5 Å². The van der Waals surface area contributed by atoms with E-state index in [0.29, 0.717) is 0 Å². The van der Waals surface area contributed by atoms with E-state index in [4.69, 9.17) is 0 Å². The summed E-state index contributed by atoms with van der Waals surface area (Å²) in [6.07, 6.45) is 3.31. The van der Waals surface area contributed by atoms with E-state index in [1.54, 1.807) is 0 Å². The fourth-order valence-electron chi connectivity index (χ4n) is 2.44. The van der Waals surface area contributed by atoms with Crippen LogP contribution in [0.25, 0.3) is 10.9 Å². The average Bonchev–Trinajstić information content (AvgIpc) is 3.05. The minimum absolute atomic E-state index is 0.927. The lowest BCUT2D eigenvalue weighted by atomic mass is 10.1. The molecule has 0 aliphatic heterocycles. The number of benzene rings is 1. The molecule has 0 radical (unpaired) electrons. The van der Waals surface area contributed by atoms with Gasteiger partial charge in [-0.2, -0.15) is 0 Å². The van der Waals surface area contributed by atoms with Gasteiger partial charge in [-0.3, -0.25) is 0 Å². The summed E-state index contributed by atoms with van der Waals surface area (Å²) in [7, 11) is 1.98. The molecule has 2 heterocycles. The third-order valence-electron chi connectivity index (χ3n) is 3.40. The fraction of sp³-hybridized carbons (Fsp3) is 0.250. The number of hydrogen-bond acceptors (Lipinski definition) is 2. The molecule has 0 bridgehead atoms. The molecular weight excluding hydrogens is 252 g/mol. The SMILES string of the molecule is CNCc1ccc2c(ccn2CCc2cccs2)c1. The average molecular weight is 270 g/mol. The lowest BCUT2D eigenvalue weighted by Crippen LogP contribution is -2.04. The molecule has 0 fully saturated rings. The Hall–Kier alpha value is -1.58. The topological polar surface area (TPSA) is 17.0 Å². The highest BCUT2D eigenvalue weighted by atomic mass is 32.1. The van der Waals surface area contributed by atoms with E-state index in [2.05, 4.69) is 57.9 Å². The lowest BCUT2D eigenvalue weighted by Gasteiger charge is -2.05. The fourth-order valence-corrected chi connectivity index (χ4v) is 3.14. The van der Waals surface area contributed by atoms with Gasteiger partial charge < -0.3 is 9.88 Å². The summed E-state index contributed by atoms with van der Waals surface area (Å²) in [5.74, 6) is 0. The second kappa shape index (κ2) is 5.59. The number of nitrogens with one attached hydrogen (secondary N) is 1. The number of hydrogen-bond donors (Lipinski definition) is 1. The summed E-state index contributed by atoms with van der Waals surface area (Å²) < 4.78 is 2.35. The number of thiophene rings is 1. The molecule has 3 heteroatoms. The van der Waals surface area contributed by atoms with Crippen molar-refractivity contribution >= 4 is 22.2 Å². The van der Waals surface area contributed by atoms with Gasteiger partial charge in [-0.25, -0.2) is 0 Å². The number of rotatable bonds is 5.